The van der Waals surface area contributed by atoms with Crippen molar-refractivity contribution in [3.63, 3.8) is 0 Å². The number of para-hydroxylation sites is 1. The number of hydrogen-bond donors (Lipinski definition) is 2. The van der Waals surface area contributed by atoms with Crippen LogP contribution in [0, 0.1) is 5.92 Å². The maximum absolute atomic E-state index is 13.7. The Labute approximate surface area is 238 Å². The van der Waals surface area contributed by atoms with Crippen LogP contribution in [0.2, 0.25) is 0 Å². The maximum atomic E-state index is 13.7. The molecule has 2 aliphatic heterocycles. The van der Waals surface area contributed by atoms with Crippen molar-refractivity contribution in [3.05, 3.63) is 65.0 Å². The first-order valence-electron chi connectivity index (χ1n) is 13.0. The van der Waals surface area contributed by atoms with Crippen LogP contribution < -0.4 is 18.9 Å². The maximum Gasteiger partial charge on any atom is 0.271 e. The molecule has 40 heavy (non-hydrogen) atoms. The first kappa shape index (κ1) is 28.2. The lowest BCUT2D eigenvalue weighted by Crippen LogP contribution is -2.49. The number of benzene rings is 2. The molecule has 2 aromatic carbocycles. The van der Waals surface area contributed by atoms with E-state index in [-0.39, 0.29) is 46.4 Å². The standard InChI is InChI=1S/C28H33N3O7S2/c1-18-13-31(19(2)16-32)28(33)21-6-4-7-22(29-40(34,35)26-8-5-11-39-26)27(21)38-25(18)15-30(3)14-20-9-10-23-24(12-20)37-17-36-23/h4-12,18-19,25,29,32H,13-17H2,1-3H3/t18-,19-,25-/m0/s1. The van der Waals surface area contributed by atoms with Crippen LogP contribution in [0.5, 0.6) is 17.2 Å². The molecule has 1 amide bonds. The van der Waals surface area contributed by atoms with E-state index in [1.807, 2.05) is 32.2 Å². The van der Waals surface area contributed by atoms with Gasteiger partial charge in [-0.2, -0.15) is 0 Å². The molecule has 5 rings (SSSR count). The predicted molar refractivity (Wildman–Crippen MR) is 152 cm³/mol. The minimum atomic E-state index is -3.89. The van der Waals surface area contributed by atoms with Crippen molar-refractivity contribution in [2.45, 2.75) is 36.7 Å². The smallest absolute Gasteiger partial charge is 0.271 e. The number of likely N-dealkylation sites (N-methyl/N-ethyl adjacent to an activating group) is 1. The van der Waals surface area contributed by atoms with Gasteiger partial charge in [0.15, 0.2) is 17.2 Å². The number of carbonyl (C=O) groups is 1. The van der Waals surface area contributed by atoms with Gasteiger partial charge in [-0.3, -0.25) is 14.4 Å². The van der Waals surface area contributed by atoms with Crippen molar-refractivity contribution in [1.29, 1.82) is 0 Å². The molecule has 3 aromatic rings. The second-order valence-corrected chi connectivity index (χ2v) is 13.1. The molecule has 1 aromatic heterocycles. The van der Waals surface area contributed by atoms with Gasteiger partial charge in [0.1, 0.15) is 10.3 Å². The second-order valence-electron chi connectivity index (χ2n) is 10.2. The highest BCUT2D eigenvalue weighted by Gasteiger charge is 2.35. The Balaban J connectivity index is 1.46. The Kier molecular flexibility index (Phi) is 8.22. The fourth-order valence-corrected chi connectivity index (χ4v) is 6.93. The number of hydrogen-bond acceptors (Lipinski definition) is 9. The van der Waals surface area contributed by atoms with E-state index < -0.39 is 22.2 Å². The van der Waals surface area contributed by atoms with Crippen molar-refractivity contribution >= 4 is 33.0 Å². The zero-order valence-electron chi connectivity index (χ0n) is 22.6. The molecule has 0 bridgehead atoms. The van der Waals surface area contributed by atoms with Gasteiger partial charge in [-0.25, -0.2) is 8.42 Å². The summed E-state index contributed by atoms with van der Waals surface area (Å²) in [7, 11) is -1.91. The van der Waals surface area contributed by atoms with Gasteiger partial charge in [0.05, 0.1) is 23.9 Å². The Morgan fingerprint density at radius 3 is 2.73 bits per heavy atom. The van der Waals surface area contributed by atoms with Gasteiger partial charge >= 0.3 is 0 Å². The molecule has 0 unspecified atom stereocenters. The Morgan fingerprint density at radius 1 is 1.18 bits per heavy atom. The van der Waals surface area contributed by atoms with E-state index in [9.17, 15) is 18.3 Å². The number of rotatable bonds is 9. The van der Waals surface area contributed by atoms with Gasteiger partial charge in [0.25, 0.3) is 15.9 Å². The molecule has 2 N–H and O–H groups in total. The van der Waals surface area contributed by atoms with Crippen LogP contribution >= 0.6 is 11.3 Å². The monoisotopic (exact) mass is 587 g/mol. The molecular formula is C28H33N3O7S2. The predicted octanol–water partition coefficient (Wildman–Crippen LogP) is 3.63. The number of fused-ring (bicyclic) bond motifs is 2. The molecule has 0 spiro atoms. The number of nitrogens with one attached hydrogen (secondary N) is 1. The summed E-state index contributed by atoms with van der Waals surface area (Å²) < 4.78 is 46.4. The third-order valence-electron chi connectivity index (χ3n) is 7.08. The summed E-state index contributed by atoms with van der Waals surface area (Å²) in [5, 5.41) is 11.6. The summed E-state index contributed by atoms with van der Waals surface area (Å²) in [4.78, 5) is 17.4. The topological polar surface area (TPSA) is 118 Å². The first-order chi connectivity index (χ1) is 19.2. The van der Waals surface area contributed by atoms with Crippen molar-refractivity contribution in [2.75, 3.05) is 38.3 Å². The van der Waals surface area contributed by atoms with Crippen molar-refractivity contribution in [2.24, 2.45) is 5.92 Å². The number of ether oxygens (including phenoxy) is 3. The number of nitrogens with zero attached hydrogens (tertiary/aromatic N) is 2. The van der Waals surface area contributed by atoms with Crippen LogP contribution in [-0.2, 0) is 16.6 Å². The van der Waals surface area contributed by atoms with Crippen LogP contribution in [0.15, 0.2) is 58.1 Å². The van der Waals surface area contributed by atoms with E-state index in [1.54, 1.807) is 41.5 Å². The minimum absolute atomic E-state index is 0.132. The van der Waals surface area contributed by atoms with Gasteiger partial charge in [-0.15, -0.1) is 11.3 Å². The number of amides is 1. The molecule has 0 radical (unpaired) electrons. The van der Waals surface area contributed by atoms with Crippen molar-refractivity contribution in [1.82, 2.24) is 9.80 Å². The highest BCUT2D eigenvalue weighted by atomic mass is 32.2. The van der Waals surface area contributed by atoms with Crippen molar-refractivity contribution in [3.8, 4) is 17.2 Å². The van der Waals surface area contributed by atoms with E-state index in [4.69, 9.17) is 14.2 Å². The second kappa shape index (κ2) is 11.7. The third-order valence-corrected chi connectivity index (χ3v) is 9.84. The van der Waals surface area contributed by atoms with Crippen LogP contribution in [0.1, 0.15) is 29.8 Å². The number of anilines is 1. The summed E-state index contributed by atoms with van der Waals surface area (Å²) in [6, 6.07) is 13.4. The van der Waals surface area contributed by atoms with Crippen molar-refractivity contribution < 1.29 is 32.5 Å². The summed E-state index contributed by atoms with van der Waals surface area (Å²) >= 11 is 1.10. The SMILES string of the molecule is C[C@H]1CN([C@@H](C)CO)C(=O)c2cccc(NS(=O)(=O)c3cccs3)c2O[C@H]1CN(C)Cc1ccc2c(c1)OCO2. The molecule has 3 heterocycles. The molecule has 0 saturated carbocycles. The Morgan fingerprint density at radius 2 is 1.98 bits per heavy atom. The van der Waals surface area contributed by atoms with Gasteiger partial charge in [-0.05, 0) is 55.2 Å². The molecule has 12 heteroatoms. The summed E-state index contributed by atoms with van der Waals surface area (Å²) in [6.45, 7) is 5.27. The van der Waals surface area contributed by atoms with Gasteiger partial charge in [0.2, 0.25) is 6.79 Å². The lowest BCUT2D eigenvalue weighted by atomic mass is 9.99. The molecule has 10 nitrogen and oxygen atoms in total. The number of carbonyl (C=O) groups excluding carboxylic acids is 1. The first-order valence-corrected chi connectivity index (χ1v) is 15.4. The number of sulfonamides is 1. The normalized spacial score (nSPS) is 19.5. The molecule has 214 valence electrons. The van der Waals surface area contributed by atoms with E-state index in [2.05, 4.69) is 9.62 Å². The zero-order chi connectivity index (χ0) is 28.4. The number of aliphatic hydroxyl groups excluding tert-OH is 1. The van der Waals surface area contributed by atoms with E-state index in [1.165, 1.54) is 6.07 Å². The van der Waals surface area contributed by atoms with E-state index in [0.29, 0.717) is 25.4 Å². The van der Waals surface area contributed by atoms with Gasteiger partial charge in [0, 0.05) is 25.6 Å². The zero-order valence-corrected chi connectivity index (χ0v) is 24.2. The third kappa shape index (κ3) is 5.90. The highest BCUT2D eigenvalue weighted by molar-refractivity contribution is 7.94. The minimum Gasteiger partial charge on any atom is -0.486 e. The average molecular weight is 588 g/mol. The summed E-state index contributed by atoms with van der Waals surface area (Å²) in [5.74, 6) is 1.15. The lowest BCUT2D eigenvalue weighted by Gasteiger charge is -2.38. The molecular weight excluding hydrogens is 554 g/mol. The molecule has 3 atom stereocenters. The van der Waals surface area contributed by atoms with Crippen LogP contribution in [0.4, 0.5) is 5.69 Å². The number of thiophene rings is 1. The van der Waals surface area contributed by atoms with E-state index >= 15 is 0 Å². The van der Waals surface area contributed by atoms with Crippen LogP contribution in [0.3, 0.4) is 0 Å². The summed E-state index contributed by atoms with van der Waals surface area (Å²) in [6.07, 6.45) is -0.397. The Bertz CT molecular complexity index is 1460. The van der Waals surface area contributed by atoms with Gasteiger partial charge in [-0.1, -0.05) is 25.1 Å². The van der Waals surface area contributed by atoms with Crippen LogP contribution in [-0.4, -0.2) is 74.9 Å². The molecule has 0 aliphatic carbocycles. The lowest BCUT2D eigenvalue weighted by molar-refractivity contribution is 0.0344. The fourth-order valence-electron chi connectivity index (χ4n) is 4.88. The largest absolute Gasteiger partial charge is 0.486 e. The van der Waals surface area contributed by atoms with Crippen LogP contribution in [0.25, 0.3) is 0 Å². The molecule has 0 saturated heterocycles. The van der Waals surface area contributed by atoms with E-state index in [0.717, 1.165) is 22.6 Å². The Hall–Kier alpha value is -3.32. The number of aliphatic hydroxyl groups is 1. The van der Waals surface area contributed by atoms with Gasteiger partial charge < -0.3 is 24.2 Å². The quantitative estimate of drug-likeness (QED) is 0.390. The average Bonchev–Trinajstić information content (AvgIpc) is 3.63. The molecule has 0 fully saturated rings. The fraction of sp³-hybridized carbons (Fsp3) is 0.393. The summed E-state index contributed by atoms with van der Waals surface area (Å²) in [5.41, 5.74) is 1.47. The highest BCUT2D eigenvalue weighted by Crippen LogP contribution is 2.37. The molecule has 2 aliphatic rings.